The van der Waals surface area contributed by atoms with Crippen molar-refractivity contribution in [3.63, 3.8) is 0 Å². The first-order valence-electron chi connectivity index (χ1n) is 5.55. The van der Waals surface area contributed by atoms with E-state index in [1.165, 1.54) is 11.3 Å². The Morgan fingerprint density at radius 2 is 2.07 bits per heavy atom. The Kier molecular flexibility index (Phi) is 3.59. The molecule has 15 heavy (non-hydrogen) atoms. The third-order valence-electron chi connectivity index (χ3n) is 2.79. The van der Waals surface area contributed by atoms with Crippen LogP contribution in [-0.2, 0) is 6.42 Å². The number of benzene rings is 1. The number of aliphatic hydroxyl groups is 1. The van der Waals surface area contributed by atoms with Gasteiger partial charge in [0.2, 0.25) is 0 Å². The molecule has 1 aliphatic heterocycles. The molecule has 0 radical (unpaired) electrons. The fourth-order valence-corrected chi connectivity index (χ4v) is 1.96. The van der Waals surface area contributed by atoms with Crippen molar-refractivity contribution in [2.24, 2.45) is 0 Å². The SMILES string of the molecule is OCCc1cccc(N2CCNCC2)c1. The Bertz CT molecular complexity index is 308. The highest BCUT2D eigenvalue weighted by Gasteiger charge is 2.09. The van der Waals surface area contributed by atoms with Gasteiger partial charge in [-0.3, -0.25) is 0 Å². The number of hydrogen-bond donors (Lipinski definition) is 2. The van der Waals surface area contributed by atoms with Gasteiger partial charge in [0.25, 0.3) is 0 Å². The molecule has 0 bridgehead atoms. The third-order valence-corrected chi connectivity index (χ3v) is 2.79. The van der Waals surface area contributed by atoms with Crippen molar-refractivity contribution in [2.45, 2.75) is 6.42 Å². The molecule has 3 heteroatoms. The van der Waals surface area contributed by atoms with Crippen LogP contribution in [0.5, 0.6) is 0 Å². The van der Waals surface area contributed by atoms with Gasteiger partial charge in [0, 0.05) is 38.5 Å². The second kappa shape index (κ2) is 5.14. The van der Waals surface area contributed by atoms with Crippen molar-refractivity contribution in [3.05, 3.63) is 29.8 Å². The molecule has 1 aromatic rings. The van der Waals surface area contributed by atoms with Gasteiger partial charge >= 0.3 is 0 Å². The summed E-state index contributed by atoms with van der Waals surface area (Å²) >= 11 is 0. The number of anilines is 1. The Labute approximate surface area is 90.7 Å². The summed E-state index contributed by atoms with van der Waals surface area (Å²) in [5.74, 6) is 0. The summed E-state index contributed by atoms with van der Waals surface area (Å²) in [5.41, 5.74) is 2.50. The molecule has 0 atom stereocenters. The molecule has 0 spiro atoms. The van der Waals surface area contributed by atoms with Gasteiger partial charge in [0.05, 0.1) is 0 Å². The van der Waals surface area contributed by atoms with E-state index < -0.39 is 0 Å². The largest absolute Gasteiger partial charge is 0.396 e. The van der Waals surface area contributed by atoms with Crippen molar-refractivity contribution in [1.29, 1.82) is 0 Å². The molecule has 1 saturated heterocycles. The highest BCUT2D eigenvalue weighted by Crippen LogP contribution is 2.16. The molecule has 2 N–H and O–H groups in total. The summed E-state index contributed by atoms with van der Waals surface area (Å²) in [4.78, 5) is 2.39. The van der Waals surface area contributed by atoms with Gasteiger partial charge in [-0.05, 0) is 24.1 Å². The number of piperazine rings is 1. The molecule has 1 fully saturated rings. The molecule has 82 valence electrons. The van der Waals surface area contributed by atoms with E-state index in [9.17, 15) is 0 Å². The summed E-state index contributed by atoms with van der Waals surface area (Å²) in [6, 6.07) is 8.47. The molecule has 2 rings (SSSR count). The Balaban J connectivity index is 2.09. The Morgan fingerprint density at radius 1 is 1.27 bits per heavy atom. The number of rotatable bonds is 3. The van der Waals surface area contributed by atoms with E-state index >= 15 is 0 Å². The third kappa shape index (κ3) is 2.70. The van der Waals surface area contributed by atoms with E-state index in [0.29, 0.717) is 0 Å². The maximum atomic E-state index is 8.90. The van der Waals surface area contributed by atoms with Gasteiger partial charge in [-0.1, -0.05) is 12.1 Å². The molecule has 0 aliphatic carbocycles. The topological polar surface area (TPSA) is 35.5 Å². The number of nitrogens with one attached hydrogen (secondary N) is 1. The predicted molar refractivity (Wildman–Crippen MR) is 62.3 cm³/mol. The van der Waals surface area contributed by atoms with Crippen molar-refractivity contribution in [2.75, 3.05) is 37.7 Å². The van der Waals surface area contributed by atoms with Gasteiger partial charge in [-0.15, -0.1) is 0 Å². The van der Waals surface area contributed by atoms with Crippen LogP contribution in [0, 0.1) is 0 Å². The van der Waals surface area contributed by atoms with Crippen LogP contribution in [0.15, 0.2) is 24.3 Å². The van der Waals surface area contributed by atoms with Crippen molar-refractivity contribution in [1.82, 2.24) is 5.32 Å². The average molecular weight is 206 g/mol. The molecule has 1 aliphatic rings. The monoisotopic (exact) mass is 206 g/mol. The normalized spacial score (nSPS) is 16.7. The minimum Gasteiger partial charge on any atom is -0.396 e. The molecule has 0 aromatic heterocycles. The first-order valence-corrected chi connectivity index (χ1v) is 5.55. The zero-order valence-corrected chi connectivity index (χ0v) is 8.95. The Morgan fingerprint density at radius 3 is 2.80 bits per heavy atom. The van der Waals surface area contributed by atoms with E-state index in [4.69, 9.17) is 5.11 Å². The second-order valence-corrected chi connectivity index (χ2v) is 3.88. The minimum atomic E-state index is 0.227. The van der Waals surface area contributed by atoms with Crippen LogP contribution < -0.4 is 10.2 Å². The van der Waals surface area contributed by atoms with Gasteiger partial charge in [-0.2, -0.15) is 0 Å². The molecule has 0 unspecified atom stereocenters. The van der Waals surface area contributed by atoms with E-state index in [1.54, 1.807) is 0 Å². The summed E-state index contributed by atoms with van der Waals surface area (Å²) in [5, 5.41) is 12.2. The lowest BCUT2D eigenvalue weighted by atomic mass is 10.1. The lowest BCUT2D eigenvalue weighted by molar-refractivity contribution is 0.299. The fourth-order valence-electron chi connectivity index (χ4n) is 1.96. The minimum absolute atomic E-state index is 0.227. The van der Waals surface area contributed by atoms with E-state index in [-0.39, 0.29) is 6.61 Å². The predicted octanol–water partition coefficient (Wildman–Crippen LogP) is 0.631. The van der Waals surface area contributed by atoms with Crippen LogP contribution in [0.25, 0.3) is 0 Å². The Hall–Kier alpha value is -1.06. The second-order valence-electron chi connectivity index (χ2n) is 3.88. The molecule has 1 aromatic carbocycles. The smallest absolute Gasteiger partial charge is 0.0471 e. The van der Waals surface area contributed by atoms with Crippen LogP contribution in [-0.4, -0.2) is 37.9 Å². The van der Waals surface area contributed by atoms with E-state index in [1.807, 2.05) is 0 Å². The molecule has 0 amide bonds. The van der Waals surface area contributed by atoms with Crippen LogP contribution in [0.4, 0.5) is 5.69 Å². The van der Waals surface area contributed by atoms with Crippen LogP contribution >= 0.6 is 0 Å². The molecular weight excluding hydrogens is 188 g/mol. The molecule has 1 heterocycles. The highest BCUT2D eigenvalue weighted by molar-refractivity contribution is 5.49. The number of nitrogens with zero attached hydrogens (tertiary/aromatic N) is 1. The molecule has 3 nitrogen and oxygen atoms in total. The number of hydrogen-bond acceptors (Lipinski definition) is 3. The van der Waals surface area contributed by atoms with Gasteiger partial charge in [0.1, 0.15) is 0 Å². The van der Waals surface area contributed by atoms with E-state index in [2.05, 4.69) is 34.5 Å². The standard InChI is InChI=1S/C12H18N2O/c15-9-4-11-2-1-3-12(10-11)14-7-5-13-6-8-14/h1-3,10,13,15H,4-9H2. The van der Waals surface area contributed by atoms with E-state index in [0.717, 1.165) is 32.6 Å². The zero-order chi connectivity index (χ0) is 10.5. The fraction of sp³-hybridized carbons (Fsp3) is 0.500. The quantitative estimate of drug-likeness (QED) is 0.761. The van der Waals surface area contributed by atoms with Crippen LogP contribution in [0.3, 0.4) is 0 Å². The first-order chi connectivity index (χ1) is 7.40. The summed E-state index contributed by atoms with van der Waals surface area (Å²) in [6.45, 7) is 4.49. The lowest BCUT2D eigenvalue weighted by Gasteiger charge is -2.29. The van der Waals surface area contributed by atoms with Crippen molar-refractivity contribution in [3.8, 4) is 0 Å². The summed E-state index contributed by atoms with van der Waals surface area (Å²) in [6.07, 6.45) is 0.750. The lowest BCUT2D eigenvalue weighted by Crippen LogP contribution is -2.43. The van der Waals surface area contributed by atoms with Crippen molar-refractivity contribution >= 4 is 5.69 Å². The maximum Gasteiger partial charge on any atom is 0.0471 e. The maximum absolute atomic E-state index is 8.90. The van der Waals surface area contributed by atoms with Gasteiger partial charge in [0.15, 0.2) is 0 Å². The van der Waals surface area contributed by atoms with Crippen LogP contribution in [0.2, 0.25) is 0 Å². The average Bonchev–Trinajstić information content (AvgIpc) is 2.31. The zero-order valence-electron chi connectivity index (χ0n) is 8.95. The summed E-state index contributed by atoms with van der Waals surface area (Å²) < 4.78 is 0. The summed E-state index contributed by atoms with van der Waals surface area (Å²) in [7, 11) is 0. The highest BCUT2D eigenvalue weighted by atomic mass is 16.2. The van der Waals surface area contributed by atoms with Gasteiger partial charge < -0.3 is 15.3 Å². The van der Waals surface area contributed by atoms with Crippen LogP contribution in [0.1, 0.15) is 5.56 Å². The molecular formula is C12H18N2O. The molecule has 0 saturated carbocycles. The first kappa shape index (κ1) is 10.5. The number of aliphatic hydroxyl groups excluding tert-OH is 1. The van der Waals surface area contributed by atoms with Crippen molar-refractivity contribution < 1.29 is 5.11 Å². The van der Waals surface area contributed by atoms with Gasteiger partial charge in [-0.25, -0.2) is 0 Å².